The lowest BCUT2D eigenvalue weighted by Crippen LogP contribution is -1.98. The molecule has 0 bridgehead atoms. The molecule has 2 aromatic carbocycles. The number of nitrogens with one attached hydrogen (secondary N) is 1. The number of hydrogen-bond acceptors (Lipinski definition) is 4. The molecule has 0 unspecified atom stereocenters. The van der Waals surface area contributed by atoms with E-state index in [1.807, 2.05) is 0 Å². The third kappa shape index (κ3) is 3.27. The second-order valence-corrected chi connectivity index (χ2v) is 4.34. The summed E-state index contributed by atoms with van der Waals surface area (Å²) in [5.41, 5.74) is 3.69. The number of halogens is 1. The first-order valence-corrected chi connectivity index (χ1v) is 6.05. The summed E-state index contributed by atoms with van der Waals surface area (Å²) >= 11 is 5.94. The molecule has 2 rings (SSSR count). The van der Waals surface area contributed by atoms with Gasteiger partial charge in [0, 0.05) is 5.56 Å². The van der Waals surface area contributed by atoms with E-state index in [1.54, 1.807) is 24.3 Å². The van der Waals surface area contributed by atoms with E-state index in [2.05, 4.69) is 10.5 Å². The molecule has 0 aliphatic heterocycles. The Kier molecular flexibility index (Phi) is 4.22. The van der Waals surface area contributed by atoms with Gasteiger partial charge in [-0.2, -0.15) is 5.10 Å². The lowest BCUT2D eigenvalue weighted by molar-refractivity contribution is 0.0697. The highest BCUT2D eigenvalue weighted by molar-refractivity contribution is 6.33. The second kappa shape index (κ2) is 6.08. The third-order valence-corrected chi connectivity index (χ3v) is 2.87. The Morgan fingerprint density at radius 2 is 2.00 bits per heavy atom. The lowest BCUT2D eigenvalue weighted by atomic mass is 10.1. The molecule has 0 saturated heterocycles. The molecule has 2 aromatic rings. The zero-order valence-electron chi connectivity index (χ0n) is 10.2. The van der Waals surface area contributed by atoms with Gasteiger partial charge in [-0.3, -0.25) is 5.43 Å². The zero-order chi connectivity index (χ0) is 14.5. The number of aromatic hydroxyl groups is 1. The fraction of sp³-hybridized carbons (Fsp3) is 0. The number of phenolic OH excluding ortho intramolecular Hbond substituents is 1. The number of anilines is 1. The van der Waals surface area contributed by atoms with Gasteiger partial charge in [-0.1, -0.05) is 23.7 Å². The van der Waals surface area contributed by atoms with Gasteiger partial charge in [0.2, 0.25) is 0 Å². The number of para-hydroxylation sites is 1. The molecule has 3 N–H and O–H groups in total. The number of benzene rings is 2. The summed E-state index contributed by atoms with van der Waals surface area (Å²) in [5, 5.41) is 22.9. The zero-order valence-corrected chi connectivity index (χ0v) is 11.0. The molecule has 0 aromatic heterocycles. The summed E-state index contributed by atoms with van der Waals surface area (Å²) in [4.78, 5) is 10.8. The Morgan fingerprint density at radius 3 is 2.70 bits per heavy atom. The predicted molar refractivity (Wildman–Crippen MR) is 77.7 cm³/mol. The maximum atomic E-state index is 10.8. The maximum absolute atomic E-state index is 10.8. The topological polar surface area (TPSA) is 81.9 Å². The Hall–Kier alpha value is -2.53. The van der Waals surface area contributed by atoms with Crippen molar-refractivity contribution in [3.63, 3.8) is 0 Å². The van der Waals surface area contributed by atoms with Crippen LogP contribution in [0.15, 0.2) is 47.6 Å². The molecule has 20 heavy (non-hydrogen) atoms. The van der Waals surface area contributed by atoms with Crippen molar-refractivity contribution in [2.75, 3.05) is 5.43 Å². The molecule has 102 valence electrons. The molecule has 0 aliphatic carbocycles. The van der Waals surface area contributed by atoms with Crippen molar-refractivity contribution in [2.45, 2.75) is 0 Å². The van der Waals surface area contributed by atoms with Crippen LogP contribution in [-0.4, -0.2) is 22.4 Å². The number of nitrogens with zero attached hydrogens (tertiary/aromatic N) is 1. The van der Waals surface area contributed by atoms with Crippen molar-refractivity contribution in [1.29, 1.82) is 0 Å². The van der Waals surface area contributed by atoms with Crippen LogP contribution in [0, 0.1) is 0 Å². The Labute approximate surface area is 120 Å². The Morgan fingerprint density at radius 1 is 1.25 bits per heavy atom. The normalized spacial score (nSPS) is 10.7. The number of carbonyl (C=O) groups is 1. The van der Waals surface area contributed by atoms with Crippen molar-refractivity contribution in [2.24, 2.45) is 5.10 Å². The minimum absolute atomic E-state index is 0.0558. The summed E-state index contributed by atoms with van der Waals surface area (Å²) in [5.74, 6) is -1.13. The molecule has 0 atom stereocenters. The summed E-state index contributed by atoms with van der Waals surface area (Å²) < 4.78 is 0. The highest BCUT2D eigenvalue weighted by Gasteiger charge is 2.06. The van der Waals surface area contributed by atoms with Gasteiger partial charge in [-0.15, -0.1) is 0 Å². The Bertz CT molecular complexity index is 671. The van der Waals surface area contributed by atoms with Gasteiger partial charge in [0.05, 0.1) is 22.5 Å². The van der Waals surface area contributed by atoms with E-state index >= 15 is 0 Å². The number of rotatable bonds is 4. The second-order valence-electron chi connectivity index (χ2n) is 3.93. The van der Waals surface area contributed by atoms with Crippen molar-refractivity contribution < 1.29 is 15.0 Å². The van der Waals surface area contributed by atoms with Gasteiger partial charge in [-0.25, -0.2) is 4.79 Å². The largest absolute Gasteiger partial charge is 0.507 e. The van der Waals surface area contributed by atoms with Crippen LogP contribution in [0.1, 0.15) is 15.9 Å². The average molecular weight is 291 g/mol. The third-order valence-electron chi connectivity index (χ3n) is 2.54. The molecule has 6 heteroatoms. The first-order chi connectivity index (χ1) is 9.58. The number of hydrogen-bond donors (Lipinski definition) is 3. The summed E-state index contributed by atoms with van der Waals surface area (Å²) in [7, 11) is 0. The minimum Gasteiger partial charge on any atom is -0.507 e. The Balaban J connectivity index is 2.17. The lowest BCUT2D eigenvalue weighted by Gasteiger charge is -2.03. The molecule has 5 nitrogen and oxygen atoms in total. The van der Waals surface area contributed by atoms with Gasteiger partial charge in [0.1, 0.15) is 5.75 Å². The van der Waals surface area contributed by atoms with Crippen LogP contribution in [-0.2, 0) is 0 Å². The van der Waals surface area contributed by atoms with Gasteiger partial charge < -0.3 is 10.2 Å². The maximum Gasteiger partial charge on any atom is 0.335 e. The standard InChI is InChI=1S/C14H11ClN2O3/c15-11-3-1-2-4-12(11)17-16-8-10-7-9(14(19)20)5-6-13(10)18/h1-8,17-18H,(H,19,20)/b16-8+. The van der Waals surface area contributed by atoms with Crippen molar-refractivity contribution in [3.05, 3.63) is 58.6 Å². The highest BCUT2D eigenvalue weighted by atomic mass is 35.5. The number of carboxylic acids is 1. The van der Waals surface area contributed by atoms with Crippen molar-refractivity contribution in [1.82, 2.24) is 0 Å². The summed E-state index contributed by atoms with van der Waals surface area (Å²) in [6.45, 7) is 0. The van der Waals surface area contributed by atoms with Gasteiger partial charge in [-0.05, 0) is 30.3 Å². The first kappa shape index (κ1) is 13.9. The van der Waals surface area contributed by atoms with E-state index in [-0.39, 0.29) is 11.3 Å². The number of hydrazone groups is 1. The predicted octanol–water partition coefficient (Wildman–Crippen LogP) is 3.19. The number of aromatic carboxylic acids is 1. The van der Waals surface area contributed by atoms with Crippen LogP contribution in [0.25, 0.3) is 0 Å². The van der Waals surface area contributed by atoms with Gasteiger partial charge in [0.25, 0.3) is 0 Å². The van der Waals surface area contributed by atoms with Crippen LogP contribution in [0.4, 0.5) is 5.69 Å². The van der Waals surface area contributed by atoms with Gasteiger partial charge >= 0.3 is 5.97 Å². The quantitative estimate of drug-likeness (QED) is 0.596. The van der Waals surface area contributed by atoms with E-state index < -0.39 is 5.97 Å². The molecule has 0 spiro atoms. The minimum atomic E-state index is -1.07. The fourth-order valence-electron chi connectivity index (χ4n) is 1.51. The van der Waals surface area contributed by atoms with E-state index in [9.17, 15) is 9.90 Å². The molecular weight excluding hydrogens is 280 g/mol. The first-order valence-electron chi connectivity index (χ1n) is 5.68. The van der Waals surface area contributed by atoms with Crippen molar-refractivity contribution >= 4 is 29.5 Å². The molecule has 0 aliphatic rings. The summed E-state index contributed by atoms with van der Waals surface area (Å²) in [6.07, 6.45) is 1.32. The fourth-order valence-corrected chi connectivity index (χ4v) is 1.69. The SMILES string of the molecule is O=C(O)c1ccc(O)c(/C=N/Nc2ccccc2Cl)c1. The number of phenols is 1. The van der Waals surface area contributed by atoms with Gasteiger partial charge in [0.15, 0.2) is 0 Å². The monoisotopic (exact) mass is 290 g/mol. The average Bonchev–Trinajstić information content (AvgIpc) is 2.42. The molecule has 0 fully saturated rings. The van der Waals surface area contributed by atoms with E-state index in [0.29, 0.717) is 16.3 Å². The van der Waals surface area contributed by atoms with E-state index in [4.69, 9.17) is 16.7 Å². The highest BCUT2D eigenvalue weighted by Crippen LogP contribution is 2.21. The van der Waals surface area contributed by atoms with Crippen LogP contribution < -0.4 is 5.43 Å². The van der Waals surface area contributed by atoms with Crippen LogP contribution in [0.2, 0.25) is 5.02 Å². The van der Waals surface area contributed by atoms with E-state index in [1.165, 1.54) is 24.4 Å². The molecule has 0 saturated carbocycles. The smallest absolute Gasteiger partial charge is 0.335 e. The molecule has 0 amide bonds. The summed E-state index contributed by atoms with van der Waals surface area (Å²) in [6, 6.07) is 11.0. The number of carboxylic acid groups (broad SMARTS) is 1. The van der Waals surface area contributed by atoms with E-state index in [0.717, 1.165) is 0 Å². The molecule has 0 radical (unpaired) electrons. The van der Waals surface area contributed by atoms with Crippen molar-refractivity contribution in [3.8, 4) is 5.75 Å². The van der Waals surface area contributed by atoms with Crippen LogP contribution >= 0.6 is 11.6 Å². The van der Waals surface area contributed by atoms with Crippen LogP contribution in [0.3, 0.4) is 0 Å². The molecule has 0 heterocycles. The van der Waals surface area contributed by atoms with Crippen LogP contribution in [0.5, 0.6) is 5.75 Å². The molecular formula is C14H11ClN2O3.